The molecule has 0 saturated heterocycles. The maximum atomic E-state index is 13.7. The maximum Gasteiger partial charge on any atom is 0.325 e. The second-order valence-electron chi connectivity index (χ2n) is 10.8. The molecule has 0 aliphatic heterocycles. The number of aliphatic imine (C=N–C) groups is 1. The summed E-state index contributed by atoms with van der Waals surface area (Å²) >= 11 is 1.45. The molecule has 4 amide bonds. The molecule has 6 atom stereocenters. The van der Waals surface area contributed by atoms with Gasteiger partial charge in [-0.15, -0.1) is 0 Å². The first-order chi connectivity index (χ1) is 21.2. The van der Waals surface area contributed by atoms with Crippen molar-refractivity contribution in [2.75, 3.05) is 18.6 Å². The SMILES string of the molecule is CC[C@H](C)[C@H](NC(=O)[C@H](Cc1ccc(O)cc1)NC(=O)[C@@H](N)CCCN=C(N)N)C(=O)N[C@@H](CCSC)C(=O)N[C@@H](C)C(=O)O. The number of carbonyl (C=O) groups excluding carboxylic acids is 4. The Bertz CT molecular complexity index is 1160. The first-order valence-corrected chi connectivity index (χ1v) is 16.1. The van der Waals surface area contributed by atoms with Crippen LogP contribution in [-0.4, -0.2) is 94.5 Å². The molecule has 0 saturated carbocycles. The molecule has 1 aromatic carbocycles. The summed E-state index contributed by atoms with van der Waals surface area (Å²) in [5.41, 5.74) is 17.3. The van der Waals surface area contributed by atoms with Gasteiger partial charge in [0.1, 0.15) is 29.9 Å². The van der Waals surface area contributed by atoms with Gasteiger partial charge in [-0.2, -0.15) is 11.8 Å². The molecule has 0 aliphatic rings. The van der Waals surface area contributed by atoms with E-state index in [-0.39, 0.29) is 43.4 Å². The van der Waals surface area contributed by atoms with Gasteiger partial charge in [0, 0.05) is 13.0 Å². The van der Waals surface area contributed by atoms with E-state index in [4.69, 9.17) is 17.2 Å². The molecular weight excluding hydrogens is 604 g/mol. The summed E-state index contributed by atoms with van der Waals surface area (Å²) in [7, 11) is 0. The summed E-state index contributed by atoms with van der Waals surface area (Å²) < 4.78 is 0. The molecule has 0 unspecified atom stereocenters. The van der Waals surface area contributed by atoms with Crippen LogP contribution in [0.3, 0.4) is 0 Å². The molecule has 0 radical (unpaired) electrons. The zero-order valence-corrected chi connectivity index (χ0v) is 27.1. The van der Waals surface area contributed by atoms with E-state index in [1.807, 2.05) is 13.2 Å². The molecule has 1 aromatic rings. The number of carboxylic acid groups (broad SMARTS) is 1. The minimum atomic E-state index is -1.22. The minimum absolute atomic E-state index is 0.0258. The zero-order valence-electron chi connectivity index (χ0n) is 26.2. The molecule has 0 bridgehead atoms. The molecule has 0 spiro atoms. The lowest BCUT2D eigenvalue weighted by atomic mass is 9.96. The normalized spacial score (nSPS) is 14.9. The van der Waals surface area contributed by atoms with Crippen molar-refractivity contribution in [2.45, 2.75) is 83.1 Å². The van der Waals surface area contributed by atoms with E-state index >= 15 is 0 Å². The van der Waals surface area contributed by atoms with Gasteiger partial charge in [-0.3, -0.25) is 29.0 Å². The van der Waals surface area contributed by atoms with E-state index in [1.165, 1.54) is 30.8 Å². The van der Waals surface area contributed by atoms with Gasteiger partial charge in [0.15, 0.2) is 5.96 Å². The van der Waals surface area contributed by atoms with E-state index in [1.54, 1.807) is 19.1 Å². The predicted octanol–water partition coefficient (Wildman–Crippen LogP) is -0.841. The molecule has 15 nitrogen and oxygen atoms in total. The lowest BCUT2D eigenvalue weighted by Crippen LogP contribution is -2.60. The van der Waals surface area contributed by atoms with Crippen molar-refractivity contribution in [2.24, 2.45) is 28.1 Å². The number of aliphatic carboxylic acids is 1. The Hall–Kier alpha value is -4.05. The summed E-state index contributed by atoms with van der Waals surface area (Å²) in [4.78, 5) is 68.1. The highest BCUT2D eigenvalue weighted by molar-refractivity contribution is 7.98. The number of hydrogen-bond donors (Lipinski definition) is 9. The molecule has 0 aromatic heterocycles. The summed E-state index contributed by atoms with van der Waals surface area (Å²) in [6, 6.07) is 0.689. The van der Waals surface area contributed by atoms with Crippen LogP contribution in [0.1, 0.15) is 52.0 Å². The lowest BCUT2D eigenvalue weighted by Gasteiger charge is -2.29. The Labute approximate surface area is 267 Å². The number of rotatable bonds is 20. The number of phenols is 1. The van der Waals surface area contributed by atoms with E-state index in [0.717, 1.165) is 0 Å². The van der Waals surface area contributed by atoms with Crippen molar-refractivity contribution in [1.29, 1.82) is 0 Å². The topological polar surface area (TPSA) is 264 Å². The number of guanidine groups is 1. The third-order valence-corrected chi connectivity index (χ3v) is 7.72. The Morgan fingerprint density at radius 2 is 1.49 bits per heavy atom. The summed E-state index contributed by atoms with van der Waals surface area (Å²) in [5.74, 6) is -3.69. The fraction of sp³-hybridized carbons (Fsp3) is 0.586. The van der Waals surface area contributed by atoms with Crippen LogP contribution in [0, 0.1) is 5.92 Å². The van der Waals surface area contributed by atoms with Crippen molar-refractivity contribution in [3.8, 4) is 5.75 Å². The second-order valence-corrected chi connectivity index (χ2v) is 11.8. The van der Waals surface area contributed by atoms with Crippen molar-refractivity contribution in [3.63, 3.8) is 0 Å². The van der Waals surface area contributed by atoms with Crippen LogP contribution < -0.4 is 38.5 Å². The van der Waals surface area contributed by atoms with Gasteiger partial charge in [-0.25, -0.2) is 0 Å². The number of thioether (sulfide) groups is 1. The average Bonchev–Trinajstić information content (AvgIpc) is 2.99. The Kier molecular flexibility index (Phi) is 17.4. The van der Waals surface area contributed by atoms with Gasteiger partial charge < -0.3 is 48.7 Å². The van der Waals surface area contributed by atoms with Crippen LogP contribution in [0.15, 0.2) is 29.3 Å². The fourth-order valence-electron chi connectivity index (χ4n) is 4.10. The number of carboxylic acids is 1. The number of nitrogens with one attached hydrogen (secondary N) is 4. The van der Waals surface area contributed by atoms with Crippen LogP contribution in [0.25, 0.3) is 0 Å². The van der Waals surface area contributed by atoms with Gasteiger partial charge in [0.2, 0.25) is 23.6 Å². The van der Waals surface area contributed by atoms with Crippen LogP contribution in [-0.2, 0) is 30.4 Å². The smallest absolute Gasteiger partial charge is 0.325 e. The van der Waals surface area contributed by atoms with Crippen LogP contribution >= 0.6 is 11.8 Å². The van der Waals surface area contributed by atoms with Crippen molar-refractivity contribution >= 4 is 47.3 Å². The van der Waals surface area contributed by atoms with Gasteiger partial charge >= 0.3 is 5.97 Å². The Morgan fingerprint density at radius 1 is 0.889 bits per heavy atom. The molecule has 252 valence electrons. The molecule has 1 rings (SSSR count). The number of benzene rings is 1. The zero-order chi connectivity index (χ0) is 34.1. The Morgan fingerprint density at radius 3 is 2.04 bits per heavy atom. The second kappa shape index (κ2) is 20.1. The molecule has 12 N–H and O–H groups in total. The van der Waals surface area contributed by atoms with Gasteiger partial charge in [0.05, 0.1) is 6.04 Å². The minimum Gasteiger partial charge on any atom is -0.508 e. The summed E-state index contributed by atoms with van der Waals surface area (Å²) in [6.07, 6.45) is 3.25. The highest BCUT2D eigenvalue weighted by Gasteiger charge is 2.33. The number of carbonyl (C=O) groups is 5. The van der Waals surface area contributed by atoms with Crippen LogP contribution in [0.4, 0.5) is 0 Å². The van der Waals surface area contributed by atoms with E-state index in [0.29, 0.717) is 24.2 Å². The number of nitrogens with two attached hydrogens (primary N) is 3. The summed E-state index contributed by atoms with van der Waals surface area (Å²) in [6.45, 7) is 5.18. The number of aromatic hydroxyl groups is 1. The van der Waals surface area contributed by atoms with Crippen LogP contribution in [0.5, 0.6) is 5.75 Å². The molecule has 0 heterocycles. The number of phenolic OH excluding ortho intramolecular Hbond substituents is 1. The number of nitrogens with zero attached hydrogens (tertiary/aromatic N) is 1. The number of hydrogen-bond acceptors (Lipinski definition) is 9. The third-order valence-electron chi connectivity index (χ3n) is 7.08. The fourth-order valence-corrected chi connectivity index (χ4v) is 4.58. The van der Waals surface area contributed by atoms with Gasteiger partial charge in [-0.1, -0.05) is 32.4 Å². The van der Waals surface area contributed by atoms with Gasteiger partial charge in [-0.05, 0) is 61.8 Å². The van der Waals surface area contributed by atoms with Crippen molar-refractivity contribution < 1.29 is 34.2 Å². The first-order valence-electron chi connectivity index (χ1n) is 14.7. The maximum absolute atomic E-state index is 13.7. The Balaban J connectivity index is 3.19. The third kappa shape index (κ3) is 14.5. The lowest BCUT2D eigenvalue weighted by molar-refractivity contribution is -0.141. The predicted molar refractivity (Wildman–Crippen MR) is 173 cm³/mol. The number of amides is 4. The standard InChI is InChI=1S/C29H48N8O7S/c1-5-16(2)23(27(42)35-21(12-14-45-4)25(40)34-17(3)28(43)44)37-26(41)22(15-18-8-10-19(38)11-9-18)36-24(39)20(30)7-6-13-33-29(31)32/h8-11,16-17,20-23,38H,5-7,12-15,30H2,1-4H3,(H,34,40)(H,35,42)(H,36,39)(H,37,41)(H,43,44)(H4,31,32,33)/t16-,17-,20-,21-,22-,23-/m0/s1. The van der Waals surface area contributed by atoms with Crippen molar-refractivity contribution in [1.82, 2.24) is 21.3 Å². The van der Waals surface area contributed by atoms with E-state index in [9.17, 15) is 34.2 Å². The average molecular weight is 653 g/mol. The molecule has 0 aliphatic carbocycles. The highest BCUT2D eigenvalue weighted by Crippen LogP contribution is 2.14. The largest absolute Gasteiger partial charge is 0.508 e. The first kappa shape index (κ1) is 39.0. The molecular formula is C29H48N8O7S. The molecule has 16 heteroatoms. The van der Waals surface area contributed by atoms with E-state index < -0.39 is 59.8 Å². The molecule has 45 heavy (non-hydrogen) atoms. The quantitative estimate of drug-likeness (QED) is 0.0476. The van der Waals surface area contributed by atoms with Crippen molar-refractivity contribution in [3.05, 3.63) is 29.8 Å². The van der Waals surface area contributed by atoms with Gasteiger partial charge in [0.25, 0.3) is 0 Å². The highest BCUT2D eigenvalue weighted by atomic mass is 32.2. The summed E-state index contributed by atoms with van der Waals surface area (Å²) in [5, 5.41) is 29.3. The monoisotopic (exact) mass is 652 g/mol. The van der Waals surface area contributed by atoms with E-state index in [2.05, 4.69) is 26.3 Å². The van der Waals surface area contributed by atoms with Crippen LogP contribution in [0.2, 0.25) is 0 Å². The molecule has 0 fully saturated rings.